The number of benzene rings is 2. The molecule has 3 aromatic heterocycles. The number of hydrogen-bond donors (Lipinski definition) is 4. The number of H-pyrrole nitrogens is 1. The Kier molecular flexibility index (Phi) is 11.3. The molecule has 0 amide bonds. The summed E-state index contributed by atoms with van der Waals surface area (Å²) < 4.78 is 102. The van der Waals surface area contributed by atoms with Gasteiger partial charge in [-0.2, -0.15) is 0 Å². The number of halogens is 2. The monoisotopic (exact) mass is 881 g/mol. The summed E-state index contributed by atoms with van der Waals surface area (Å²) in [6.45, 7) is -6.55. The van der Waals surface area contributed by atoms with Crippen molar-refractivity contribution >= 4 is 49.0 Å². The van der Waals surface area contributed by atoms with Crippen molar-refractivity contribution in [2.75, 3.05) is 18.9 Å². The van der Waals surface area contributed by atoms with Crippen LogP contribution < -0.4 is 21.7 Å². The molecule has 2 unspecified atom stereocenters. The molecule has 21 nitrogen and oxygen atoms in total. The zero-order valence-corrected chi connectivity index (χ0v) is 32.4. The van der Waals surface area contributed by atoms with Crippen LogP contribution in [-0.2, 0) is 42.5 Å². The number of phosphoric acid groups is 1. The molecule has 3 aliphatic heterocycles. The van der Waals surface area contributed by atoms with Gasteiger partial charge in [0.25, 0.3) is 5.56 Å². The lowest BCUT2D eigenvalue weighted by molar-refractivity contribution is -0.0635. The van der Waals surface area contributed by atoms with E-state index < -0.39 is 94.3 Å². The van der Waals surface area contributed by atoms with E-state index in [1.165, 1.54) is 48.5 Å². The number of carbonyl (C=O) groups is 1. The molecule has 6 heterocycles. The SMILES string of the molecule is Nc1ncnc2c1ncn2[C@@H]1OC2CO[P@](=O)(SCc3ccc(OC(=O)c4ccc(O)cc4)cc3)O[C@@H]3[C@H](F)[C@@H](COP(=O)(O)O[C@H]2[C@H]1F)O[C@H]3n1ccc(=O)[nH]c1=O. The van der Waals surface area contributed by atoms with Crippen LogP contribution in [0.2, 0.25) is 0 Å². The number of anilines is 1. The second-order valence-corrected chi connectivity index (χ2v) is 18.6. The number of ether oxygens (including phenoxy) is 3. The molecule has 312 valence electrons. The smallest absolute Gasteiger partial charge is 0.472 e. The Morgan fingerprint density at radius 3 is 2.39 bits per heavy atom. The molecule has 3 aliphatic rings. The Hall–Kier alpha value is -4.87. The molecule has 26 heteroatoms. The number of esters is 1. The first-order valence-electron chi connectivity index (χ1n) is 17.3. The standard InChI is InChI=1S/C33H31F2N7O14P2S/c34-23-20-11-50-57(47,48)55-26-21(54-30(24(26)35)42-15-39-25-28(36)37-14-38-29(25)42)12-51-58(49,56-27(23)31(53-20)41-10-9-22(44)40-33(41)46)59-13-16-1-7-19(8-2-16)52-32(45)17-3-5-18(43)6-4-17/h1-10,14-15,20-21,23-24,26-27,30-31,43H,11-13H2,(H,47,48)(H2,36,37,38)(H,40,44,46)/t20-,21?,23-,24-,26-,27-,30-,31-,58+/m1/s1. The second-order valence-electron chi connectivity index (χ2n) is 13.1. The van der Waals surface area contributed by atoms with E-state index in [4.69, 9.17) is 38.0 Å². The fourth-order valence-electron chi connectivity index (χ4n) is 6.36. The molecule has 5 N–H and O–H groups in total. The molecule has 3 saturated heterocycles. The molecule has 2 bridgehead atoms. The highest BCUT2D eigenvalue weighted by Gasteiger charge is 2.55. The minimum Gasteiger partial charge on any atom is -0.508 e. The molecular weight excluding hydrogens is 850 g/mol. The van der Waals surface area contributed by atoms with Crippen molar-refractivity contribution in [3.8, 4) is 11.5 Å². The lowest BCUT2D eigenvalue weighted by Crippen LogP contribution is -2.37. The van der Waals surface area contributed by atoms with Gasteiger partial charge in [0.2, 0.25) is 0 Å². The highest BCUT2D eigenvalue weighted by atomic mass is 32.7. The number of phosphoric ester groups is 1. The number of aromatic nitrogens is 6. The number of nitrogen functional groups attached to an aromatic ring is 1. The van der Waals surface area contributed by atoms with Crippen molar-refractivity contribution in [3.63, 3.8) is 0 Å². The van der Waals surface area contributed by atoms with Crippen LogP contribution in [0.25, 0.3) is 11.2 Å². The number of aromatic hydroxyl groups is 1. The minimum absolute atomic E-state index is 0.0251. The van der Waals surface area contributed by atoms with Crippen LogP contribution in [-0.4, -0.2) is 95.0 Å². The third kappa shape index (κ3) is 8.59. The van der Waals surface area contributed by atoms with Crippen LogP contribution >= 0.6 is 26.0 Å². The predicted molar refractivity (Wildman–Crippen MR) is 199 cm³/mol. The van der Waals surface area contributed by atoms with Gasteiger partial charge >= 0.3 is 26.3 Å². The predicted octanol–water partition coefficient (Wildman–Crippen LogP) is 3.31. The minimum atomic E-state index is -5.27. The van der Waals surface area contributed by atoms with E-state index in [0.29, 0.717) is 16.9 Å². The van der Waals surface area contributed by atoms with E-state index in [1.54, 1.807) is 0 Å². The van der Waals surface area contributed by atoms with Crippen molar-refractivity contribution in [1.29, 1.82) is 0 Å². The first-order chi connectivity index (χ1) is 28.2. The lowest BCUT2D eigenvalue weighted by Gasteiger charge is -2.27. The van der Waals surface area contributed by atoms with Gasteiger partial charge in [-0.25, -0.2) is 42.5 Å². The molecule has 5 aromatic rings. The van der Waals surface area contributed by atoms with Gasteiger partial charge in [-0.15, -0.1) is 0 Å². The number of hydrogen-bond acceptors (Lipinski definition) is 18. The first-order valence-corrected chi connectivity index (χ1v) is 22.0. The van der Waals surface area contributed by atoms with Gasteiger partial charge in [0.15, 0.2) is 36.3 Å². The van der Waals surface area contributed by atoms with Crippen LogP contribution in [0.15, 0.2) is 83.0 Å². The Morgan fingerprint density at radius 2 is 1.64 bits per heavy atom. The summed E-state index contributed by atoms with van der Waals surface area (Å²) >= 11 is 0.548. The fourth-order valence-corrected chi connectivity index (χ4v) is 10.7. The topological polar surface area (TPSA) is 281 Å². The average Bonchev–Trinajstić information content (AvgIpc) is 3.86. The number of alkyl halides is 2. The van der Waals surface area contributed by atoms with Crippen molar-refractivity contribution in [3.05, 3.63) is 105 Å². The van der Waals surface area contributed by atoms with Gasteiger partial charge in [0.05, 0.1) is 25.1 Å². The number of phenols is 1. The van der Waals surface area contributed by atoms with Gasteiger partial charge in [0.1, 0.15) is 47.8 Å². The van der Waals surface area contributed by atoms with E-state index in [-0.39, 0.29) is 39.8 Å². The largest absolute Gasteiger partial charge is 0.508 e. The summed E-state index contributed by atoms with van der Waals surface area (Å²) in [7, 11) is -5.27. The summed E-state index contributed by atoms with van der Waals surface area (Å²) in [5.41, 5.74) is 4.83. The maximum absolute atomic E-state index is 16.4. The molecule has 0 spiro atoms. The van der Waals surface area contributed by atoms with E-state index in [1.807, 2.05) is 4.98 Å². The second kappa shape index (κ2) is 16.3. The number of phenolic OH excluding ortho intramolecular Hbond substituents is 1. The summed E-state index contributed by atoms with van der Waals surface area (Å²) in [6.07, 6.45) is -11.9. The molecule has 0 saturated carbocycles. The number of fused-ring (bicyclic) bond motifs is 4. The van der Waals surface area contributed by atoms with Gasteiger partial charge in [-0.3, -0.25) is 37.0 Å². The van der Waals surface area contributed by atoms with Crippen molar-refractivity contribution < 1.29 is 65.0 Å². The number of nitrogens with two attached hydrogens (primary N) is 1. The van der Waals surface area contributed by atoms with Gasteiger partial charge in [-0.1, -0.05) is 12.1 Å². The molecule has 0 aliphatic carbocycles. The Labute approximate surface area is 333 Å². The van der Waals surface area contributed by atoms with Crippen molar-refractivity contribution in [2.24, 2.45) is 0 Å². The Balaban J connectivity index is 1.09. The molecule has 10 atom stereocenters. The number of imidazole rings is 1. The van der Waals surface area contributed by atoms with Crippen LogP contribution in [0, 0.1) is 0 Å². The van der Waals surface area contributed by atoms with Crippen LogP contribution in [0.3, 0.4) is 0 Å². The van der Waals surface area contributed by atoms with Gasteiger partial charge in [-0.05, 0) is 53.3 Å². The Morgan fingerprint density at radius 1 is 0.915 bits per heavy atom. The molecule has 0 radical (unpaired) electrons. The van der Waals surface area contributed by atoms with Crippen molar-refractivity contribution in [1.82, 2.24) is 29.1 Å². The molecule has 3 fully saturated rings. The van der Waals surface area contributed by atoms with Crippen LogP contribution in [0.4, 0.5) is 14.6 Å². The van der Waals surface area contributed by atoms with Gasteiger partial charge in [0, 0.05) is 18.0 Å². The van der Waals surface area contributed by atoms with Crippen LogP contribution in [0.5, 0.6) is 11.5 Å². The quantitative estimate of drug-likeness (QED) is 0.104. The zero-order chi connectivity index (χ0) is 41.6. The summed E-state index contributed by atoms with van der Waals surface area (Å²) in [6, 6.07) is 12.3. The number of aromatic amines is 1. The number of carbonyl (C=O) groups excluding carboxylic acids is 1. The highest BCUT2D eigenvalue weighted by molar-refractivity contribution is 8.54. The summed E-state index contributed by atoms with van der Waals surface area (Å²) in [4.78, 5) is 62.0. The molecule has 59 heavy (non-hydrogen) atoms. The fraction of sp³-hybridized carbons (Fsp3) is 0.333. The number of nitrogens with zero attached hydrogens (tertiary/aromatic N) is 5. The maximum atomic E-state index is 16.4. The third-order valence-electron chi connectivity index (χ3n) is 9.25. The highest BCUT2D eigenvalue weighted by Crippen LogP contribution is 2.65. The zero-order valence-electron chi connectivity index (χ0n) is 29.8. The van der Waals surface area contributed by atoms with E-state index in [2.05, 4.69) is 15.0 Å². The van der Waals surface area contributed by atoms with E-state index in [9.17, 15) is 33.5 Å². The number of nitrogens with one attached hydrogen (secondary N) is 1. The number of rotatable bonds is 7. The third-order valence-corrected chi connectivity index (χ3v) is 13.9. The molecular formula is C33H31F2N7O14P2S. The Bertz CT molecular complexity index is 2590. The normalized spacial score (nSPS) is 31.2. The first kappa shape index (κ1) is 40.9. The lowest BCUT2D eigenvalue weighted by atomic mass is 10.1. The van der Waals surface area contributed by atoms with E-state index in [0.717, 1.165) is 34.1 Å². The van der Waals surface area contributed by atoms with Crippen molar-refractivity contribution in [2.45, 2.75) is 55.0 Å². The van der Waals surface area contributed by atoms with E-state index >= 15 is 8.78 Å². The van der Waals surface area contributed by atoms with Gasteiger partial charge < -0.3 is 29.9 Å². The maximum Gasteiger partial charge on any atom is 0.472 e. The summed E-state index contributed by atoms with van der Waals surface area (Å²) in [5.74, 6) is -0.776. The molecule has 2 aromatic carbocycles. The summed E-state index contributed by atoms with van der Waals surface area (Å²) in [5, 5.41) is 9.49. The average molecular weight is 882 g/mol. The van der Waals surface area contributed by atoms with Crippen LogP contribution in [0.1, 0.15) is 28.4 Å². The molecule has 8 rings (SSSR count).